The molecule has 3 rings (SSSR count). The molecule has 1 aromatic rings. The van der Waals surface area contributed by atoms with Crippen molar-refractivity contribution in [2.24, 2.45) is 5.92 Å². The van der Waals surface area contributed by atoms with Gasteiger partial charge in [-0.3, -0.25) is 4.90 Å². The van der Waals surface area contributed by atoms with Crippen molar-refractivity contribution in [3.05, 3.63) is 20.8 Å². The highest BCUT2D eigenvalue weighted by Crippen LogP contribution is 2.31. The Labute approximate surface area is 141 Å². The summed E-state index contributed by atoms with van der Waals surface area (Å²) in [5.41, 5.74) is 0. The molecule has 1 aromatic heterocycles. The molecule has 2 aliphatic rings. The summed E-state index contributed by atoms with van der Waals surface area (Å²) in [4.78, 5) is 4.21. The van der Waals surface area contributed by atoms with E-state index in [9.17, 15) is 0 Å². The van der Waals surface area contributed by atoms with Crippen LogP contribution in [0.25, 0.3) is 0 Å². The SMILES string of the molecule is CCC1CNC(C2CCCCC2)CN1Cc1sccc1Br. The first-order valence-electron chi connectivity index (χ1n) is 8.47. The minimum absolute atomic E-state index is 0.693. The van der Waals surface area contributed by atoms with Crippen LogP contribution >= 0.6 is 27.3 Å². The highest BCUT2D eigenvalue weighted by molar-refractivity contribution is 9.10. The first kappa shape index (κ1) is 16.0. The Hall–Kier alpha value is 0.100. The first-order chi connectivity index (χ1) is 10.3. The average molecular weight is 371 g/mol. The molecule has 0 radical (unpaired) electrons. The first-order valence-corrected chi connectivity index (χ1v) is 10.1. The average Bonchev–Trinajstić information content (AvgIpc) is 2.93. The molecule has 1 saturated carbocycles. The van der Waals surface area contributed by atoms with Gasteiger partial charge in [0.25, 0.3) is 0 Å². The van der Waals surface area contributed by atoms with Crippen molar-refractivity contribution in [2.75, 3.05) is 13.1 Å². The van der Waals surface area contributed by atoms with E-state index in [1.165, 1.54) is 61.0 Å². The summed E-state index contributed by atoms with van der Waals surface area (Å²) in [5, 5.41) is 6.06. The van der Waals surface area contributed by atoms with E-state index in [-0.39, 0.29) is 0 Å². The van der Waals surface area contributed by atoms with Crippen LogP contribution in [-0.2, 0) is 6.54 Å². The van der Waals surface area contributed by atoms with Gasteiger partial charge >= 0.3 is 0 Å². The van der Waals surface area contributed by atoms with Crippen molar-refractivity contribution in [1.29, 1.82) is 0 Å². The molecule has 1 aliphatic carbocycles. The lowest BCUT2D eigenvalue weighted by Crippen LogP contribution is -2.58. The largest absolute Gasteiger partial charge is 0.311 e. The molecule has 2 heterocycles. The quantitative estimate of drug-likeness (QED) is 0.829. The highest BCUT2D eigenvalue weighted by Gasteiger charge is 2.32. The number of nitrogens with zero attached hydrogens (tertiary/aromatic N) is 1. The van der Waals surface area contributed by atoms with Crippen LogP contribution in [0.1, 0.15) is 50.3 Å². The summed E-state index contributed by atoms with van der Waals surface area (Å²) < 4.78 is 1.29. The van der Waals surface area contributed by atoms with Crippen molar-refractivity contribution in [1.82, 2.24) is 10.2 Å². The van der Waals surface area contributed by atoms with Crippen molar-refractivity contribution < 1.29 is 0 Å². The van der Waals surface area contributed by atoms with Crippen molar-refractivity contribution in [3.63, 3.8) is 0 Å². The Morgan fingerprint density at radius 2 is 2.14 bits per heavy atom. The predicted molar refractivity (Wildman–Crippen MR) is 94.9 cm³/mol. The van der Waals surface area contributed by atoms with Crippen LogP contribution in [0.3, 0.4) is 0 Å². The summed E-state index contributed by atoms with van der Waals surface area (Å²) in [6.45, 7) is 5.83. The molecule has 0 spiro atoms. The summed E-state index contributed by atoms with van der Waals surface area (Å²) in [6, 6.07) is 3.59. The Morgan fingerprint density at radius 3 is 2.81 bits per heavy atom. The van der Waals surface area contributed by atoms with Gasteiger partial charge in [-0.25, -0.2) is 0 Å². The van der Waals surface area contributed by atoms with Crippen LogP contribution in [0.4, 0.5) is 0 Å². The van der Waals surface area contributed by atoms with Crippen LogP contribution in [0.5, 0.6) is 0 Å². The molecule has 0 aromatic carbocycles. The second-order valence-corrected chi connectivity index (χ2v) is 8.45. The van der Waals surface area contributed by atoms with Gasteiger partial charge in [0.2, 0.25) is 0 Å². The number of piperazine rings is 1. The van der Waals surface area contributed by atoms with E-state index in [0.717, 1.165) is 12.5 Å². The molecule has 0 bridgehead atoms. The number of nitrogens with one attached hydrogen (secondary N) is 1. The summed E-state index contributed by atoms with van der Waals surface area (Å²) in [7, 11) is 0. The fourth-order valence-electron chi connectivity index (χ4n) is 3.95. The van der Waals surface area contributed by atoms with Crippen molar-refractivity contribution in [3.8, 4) is 0 Å². The molecule has 2 unspecified atom stereocenters. The maximum absolute atomic E-state index is 3.86. The van der Waals surface area contributed by atoms with Crippen LogP contribution in [0, 0.1) is 5.92 Å². The van der Waals surface area contributed by atoms with Gasteiger partial charge in [0, 0.05) is 41.1 Å². The zero-order valence-electron chi connectivity index (χ0n) is 13.0. The molecule has 118 valence electrons. The number of hydrogen-bond acceptors (Lipinski definition) is 3. The van der Waals surface area contributed by atoms with Gasteiger partial charge in [0.1, 0.15) is 0 Å². The summed E-state index contributed by atoms with van der Waals surface area (Å²) >= 11 is 5.58. The normalized spacial score (nSPS) is 28.9. The Bertz CT molecular complexity index is 442. The molecular weight excluding hydrogens is 344 g/mol. The predicted octanol–water partition coefficient (Wildman–Crippen LogP) is 4.64. The van der Waals surface area contributed by atoms with Gasteiger partial charge in [0.15, 0.2) is 0 Å². The van der Waals surface area contributed by atoms with Gasteiger partial charge in [-0.05, 0) is 52.6 Å². The van der Waals surface area contributed by atoms with Gasteiger partial charge in [-0.1, -0.05) is 26.2 Å². The third-order valence-corrected chi connectivity index (χ3v) is 7.20. The van der Waals surface area contributed by atoms with Crippen LogP contribution in [-0.4, -0.2) is 30.1 Å². The van der Waals surface area contributed by atoms with E-state index in [4.69, 9.17) is 0 Å². The maximum atomic E-state index is 3.86. The third-order valence-electron chi connectivity index (χ3n) is 5.29. The molecule has 2 fully saturated rings. The lowest BCUT2D eigenvalue weighted by atomic mass is 9.82. The van der Waals surface area contributed by atoms with Crippen LogP contribution in [0.15, 0.2) is 15.9 Å². The number of halogens is 1. The molecule has 4 heteroatoms. The highest BCUT2D eigenvalue weighted by atomic mass is 79.9. The standard InChI is InChI=1S/C17H27BrN2S/c1-2-14-10-19-16(13-6-4-3-5-7-13)11-20(14)12-17-15(18)8-9-21-17/h8-9,13-14,16,19H,2-7,10-12H2,1H3. The second-order valence-electron chi connectivity index (χ2n) is 6.60. The lowest BCUT2D eigenvalue weighted by molar-refractivity contribution is 0.0881. The topological polar surface area (TPSA) is 15.3 Å². The Morgan fingerprint density at radius 1 is 1.33 bits per heavy atom. The van der Waals surface area contributed by atoms with Gasteiger partial charge < -0.3 is 5.32 Å². The zero-order valence-corrected chi connectivity index (χ0v) is 15.4. The lowest BCUT2D eigenvalue weighted by Gasteiger charge is -2.43. The monoisotopic (exact) mass is 370 g/mol. The number of hydrogen-bond donors (Lipinski definition) is 1. The maximum Gasteiger partial charge on any atom is 0.0343 e. The molecule has 1 saturated heterocycles. The number of rotatable bonds is 4. The Balaban J connectivity index is 1.65. The molecule has 2 nitrogen and oxygen atoms in total. The second kappa shape index (κ2) is 7.58. The van der Waals surface area contributed by atoms with Gasteiger partial charge in [-0.2, -0.15) is 0 Å². The Kier molecular flexibility index (Phi) is 5.77. The van der Waals surface area contributed by atoms with Crippen LogP contribution < -0.4 is 5.32 Å². The smallest absolute Gasteiger partial charge is 0.0343 e. The van der Waals surface area contributed by atoms with Crippen molar-refractivity contribution in [2.45, 2.75) is 64.1 Å². The fourth-order valence-corrected chi connectivity index (χ4v) is 5.46. The summed E-state index contributed by atoms with van der Waals surface area (Å²) in [5.74, 6) is 0.908. The van der Waals surface area contributed by atoms with Gasteiger partial charge in [-0.15, -0.1) is 11.3 Å². The van der Waals surface area contributed by atoms with E-state index >= 15 is 0 Å². The van der Waals surface area contributed by atoms with Crippen LogP contribution in [0.2, 0.25) is 0 Å². The zero-order chi connectivity index (χ0) is 14.7. The van der Waals surface area contributed by atoms with E-state index in [2.05, 4.69) is 44.5 Å². The van der Waals surface area contributed by atoms with E-state index in [1.54, 1.807) is 0 Å². The molecule has 2 atom stereocenters. The number of thiophene rings is 1. The summed E-state index contributed by atoms with van der Waals surface area (Å²) in [6.07, 6.45) is 8.45. The molecular formula is C17H27BrN2S. The molecule has 1 N–H and O–H groups in total. The molecule has 0 amide bonds. The molecule has 1 aliphatic heterocycles. The van der Waals surface area contributed by atoms with Crippen molar-refractivity contribution >= 4 is 27.3 Å². The van der Waals surface area contributed by atoms with E-state index in [1.807, 2.05) is 11.3 Å². The fraction of sp³-hybridized carbons (Fsp3) is 0.765. The minimum Gasteiger partial charge on any atom is -0.311 e. The third kappa shape index (κ3) is 3.90. The minimum atomic E-state index is 0.693. The van der Waals surface area contributed by atoms with E-state index < -0.39 is 0 Å². The van der Waals surface area contributed by atoms with E-state index in [0.29, 0.717) is 12.1 Å². The molecule has 21 heavy (non-hydrogen) atoms. The van der Waals surface area contributed by atoms with Gasteiger partial charge in [0.05, 0.1) is 0 Å².